The maximum absolute atomic E-state index is 11.7. The van der Waals surface area contributed by atoms with Crippen LogP contribution in [0, 0.1) is 0 Å². The second kappa shape index (κ2) is 8.75. The van der Waals surface area contributed by atoms with Crippen molar-refractivity contribution in [2.45, 2.75) is 25.9 Å². The summed E-state index contributed by atoms with van der Waals surface area (Å²) in [6.45, 7) is 3.88. The van der Waals surface area contributed by atoms with E-state index in [2.05, 4.69) is 31.3 Å². The van der Waals surface area contributed by atoms with Crippen molar-refractivity contribution in [1.29, 1.82) is 0 Å². The summed E-state index contributed by atoms with van der Waals surface area (Å²) in [6.07, 6.45) is -0.430. The van der Waals surface area contributed by atoms with Crippen molar-refractivity contribution < 1.29 is 19.4 Å². The van der Waals surface area contributed by atoms with E-state index in [1.807, 2.05) is 18.2 Å². The first-order chi connectivity index (χ1) is 10.4. The molecule has 0 fully saturated rings. The number of carbonyl (C=O) groups is 2. The van der Waals surface area contributed by atoms with E-state index < -0.39 is 11.7 Å². The van der Waals surface area contributed by atoms with Gasteiger partial charge in [0.05, 0.1) is 13.2 Å². The molecule has 0 saturated carbocycles. The first-order valence-corrected chi connectivity index (χ1v) is 7.81. The van der Waals surface area contributed by atoms with Crippen molar-refractivity contribution in [1.82, 2.24) is 10.6 Å². The van der Waals surface area contributed by atoms with Gasteiger partial charge in [0, 0.05) is 17.4 Å². The average Bonchev–Trinajstić information content (AvgIpc) is 2.46. The van der Waals surface area contributed by atoms with E-state index in [1.54, 1.807) is 19.9 Å². The number of rotatable bonds is 7. The summed E-state index contributed by atoms with van der Waals surface area (Å²) in [5, 5.41) is 15.6. The Morgan fingerprint density at radius 3 is 2.64 bits per heavy atom. The number of hydrogen-bond donors (Lipinski definition) is 3. The molecule has 1 aromatic rings. The van der Waals surface area contributed by atoms with Gasteiger partial charge in [0.25, 0.3) is 0 Å². The molecule has 1 rings (SSSR count). The molecule has 0 bridgehead atoms. The van der Waals surface area contributed by atoms with E-state index in [9.17, 15) is 14.7 Å². The fourth-order valence-corrected chi connectivity index (χ4v) is 2.52. The van der Waals surface area contributed by atoms with E-state index in [-0.39, 0.29) is 32.0 Å². The van der Waals surface area contributed by atoms with Crippen LogP contribution in [0.4, 0.5) is 4.79 Å². The normalized spacial score (nSPS) is 13.1. The molecule has 6 nitrogen and oxygen atoms in total. The molecule has 0 aliphatic heterocycles. The number of benzene rings is 1. The Morgan fingerprint density at radius 2 is 2.00 bits per heavy atom. The van der Waals surface area contributed by atoms with E-state index in [1.165, 1.54) is 0 Å². The highest BCUT2D eigenvalue weighted by atomic mass is 79.9. The summed E-state index contributed by atoms with van der Waals surface area (Å²) in [4.78, 5) is 22.8. The van der Waals surface area contributed by atoms with Gasteiger partial charge in [0.1, 0.15) is 5.60 Å². The molecule has 1 aromatic carbocycles. The van der Waals surface area contributed by atoms with Crippen molar-refractivity contribution in [2.24, 2.45) is 0 Å². The van der Waals surface area contributed by atoms with E-state index >= 15 is 0 Å². The second-order valence-electron chi connectivity index (χ2n) is 4.93. The van der Waals surface area contributed by atoms with Crippen molar-refractivity contribution in [3.63, 3.8) is 0 Å². The number of hydrogen-bond acceptors (Lipinski definition) is 4. The minimum absolute atomic E-state index is 0.0772. The number of carbonyl (C=O) groups excluding carboxylic acids is 2. The lowest BCUT2D eigenvalue weighted by Crippen LogP contribution is -2.40. The van der Waals surface area contributed by atoms with Gasteiger partial charge in [0.2, 0.25) is 5.91 Å². The Kier molecular flexibility index (Phi) is 7.34. The smallest absolute Gasteiger partial charge is 0.407 e. The van der Waals surface area contributed by atoms with E-state index in [4.69, 9.17) is 0 Å². The third kappa shape index (κ3) is 6.03. The molecule has 0 aliphatic rings. The molecule has 3 N–H and O–H groups in total. The van der Waals surface area contributed by atoms with Gasteiger partial charge < -0.3 is 20.5 Å². The van der Waals surface area contributed by atoms with E-state index in [0.717, 1.165) is 4.47 Å². The number of amides is 2. The van der Waals surface area contributed by atoms with Crippen molar-refractivity contribution in [3.05, 3.63) is 34.3 Å². The van der Waals surface area contributed by atoms with Gasteiger partial charge in [-0.15, -0.1) is 0 Å². The van der Waals surface area contributed by atoms with Crippen LogP contribution in [-0.2, 0) is 15.1 Å². The van der Waals surface area contributed by atoms with Crippen LogP contribution in [0.2, 0.25) is 0 Å². The van der Waals surface area contributed by atoms with Gasteiger partial charge in [-0.1, -0.05) is 34.1 Å². The van der Waals surface area contributed by atoms with Crippen molar-refractivity contribution in [2.75, 3.05) is 19.7 Å². The lowest BCUT2D eigenvalue weighted by atomic mass is 9.96. The number of nitrogens with one attached hydrogen (secondary N) is 2. The first-order valence-electron chi connectivity index (χ1n) is 7.01. The Hall–Kier alpha value is -1.60. The lowest BCUT2D eigenvalue weighted by Gasteiger charge is -2.25. The molecule has 7 heteroatoms. The quantitative estimate of drug-likeness (QED) is 0.682. The summed E-state index contributed by atoms with van der Waals surface area (Å²) in [7, 11) is 0. The zero-order valence-electron chi connectivity index (χ0n) is 12.7. The van der Waals surface area contributed by atoms with Gasteiger partial charge >= 0.3 is 6.09 Å². The minimum Gasteiger partial charge on any atom is -0.450 e. The average molecular weight is 373 g/mol. The summed E-state index contributed by atoms with van der Waals surface area (Å²) >= 11 is 3.38. The van der Waals surface area contributed by atoms with Crippen molar-refractivity contribution in [3.8, 4) is 0 Å². The molecule has 0 spiro atoms. The van der Waals surface area contributed by atoms with Crippen LogP contribution in [0.15, 0.2) is 28.7 Å². The van der Waals surface area contributed by atoms with Crippen LogP contribution in [0.3, 0.4) is 0 Å². The maximum Gasteiger partial charge on any atom is 0.407 e. The summed E-state index contributed by atoms with van der Waals surface area (Å²) in [5.41, 5.74) is -0.496. The Morgan fingerprint density at radius 1 is 1.32 bits per heavy atom. The molecule has 0 saturated heterocycles. The number of aliphatic hydroxyl groups is 1. The van der Waals surface area contributed by atoms with Gasteiger partial charge in [0.15, 0.2) is 0 Å². The Bertz CT molecular complexity index is 520. The third-order valence-electron chi connectivity index (χ3n) is 2.98. The molecule has 0 heterocycles. The molecule has 0 aliphatic carbocycles. The zero-order chi connectivity index (χ0) is 16.6. The van der Waals surface area contributed by atoms with Crippen LogP contribution < -0.4 is 10.6 Å². The molecule has 1 atom stereocenters. The first kappa shape index (κ1) is 18.4. The molecule has 0 radical (unpaired) electrons. The molecular weight excluding hydrogens is 352 g/mol. The molecule has 0 aromatic heterocycles. The standard InChI is InChI=1S/C15H21BrN2O4/c1-3-22-14(20)17-9-8-13(19)18-10-15(2,21)11-6-4-5-7-12(11)16/h4-7,21H,3,8-10H2,1-2H3,(H,17,20)(H,18,19). The predicted molar refractivity (Wildman–Crippen MR) is 86.4 cm³/mol. The lowest BCUT2D eigenvalue weighted by molar-refractivity contribution is -0.122. The summed E-state index contributed by atoms with van der Waals surface area (Å²) in [6, 6.07) is 7.29. The van der Waals surface area contributed by atoms with Crippen LogP contribution in [0.25, 0.3) is 0 Å². The highest BCUT2D eigenvalue weighted by molar-refractivity contribution is 9.10. The topological polar surface area (TPSA) is 87.7 Å². The summed E-state index contributed by atoms with van der Waals surface area (Å²) in [5.74, 6) is -0.260. The largest absolute Gasteiger partial charge is 0.450 e. The van der Waals surface area contributed by atoms with Crippen molar-refractivity contribution >= 4 is 27.9 Å². The molecule has 22 heavy (non-hydrogen) atoms. The third-order valence-corrected chi connectivity index (χ3v) is 3.67. The minimum atomic E-state index is -1.19. The van der Waals surface area contributed by atoms with Gasteiger partial charge in [-0.25, -0.2) is 4.79 Å². The Labute approximate surface area is 138 Å². The predicted octanol–water partition coefficient (Wildman–Crippen LogP) is 1.91. The summed E-state index contributed by atoms with van der Waals surface area (Å²) < 4.78 is 5.46. The molecular formula is C15H21BrN2O4. The molecule has 2 amide bonds. The van der Waals surface area contributed by atoms with Crippen LogP contribution in [-0.4, -0.2) is 36.8 Å². The van der Waals surface area contributed by atoms with E-state index in [0.29, 0.717) is 5.56 Å². The highest BCUT2D eigenvalue weighted by Gasteiger charge is 2.25. The maximum atomic E-state index is 11.7. The van der Waals surface area contributed by atoms with Crippen LogP contribution >= 0.6 is 15.9 Å². The fraction of sp³-hybridized carbons (Fsp3) is 0.467. The number of alkyl carbamates (subject to hydrolysis) is 1. The highest BCUT2D eigenvalue weighted by Crippen LogP contribution is 2.27. The van der Waals surface area contributed by atoms with Crippen LogP contribution in [0.1, 0.15) is 25.8 Å². The van der Waals surface area contributed by atoms with Gasteiger partial charge in [-0.05, 0) is 25.5 Å². The number of halogens is 1. The second-order valence-corrected chi connectivity index (χ2v) is 5.78. The SMILES string of the molecule is CCOC(=O)NCCC(=O)NCC(C)(O)c1ccccc1Br. The Balaban J connectivity index is 2.40. The molecule has 122 valence electrons. The van der Waals surface area contributed by atoms with Gasteiger partial charge in [-0.3, -0.25) is 4.79 Å². The zero-order valence-corrected chi connectivity index (χ0v) is 14.3. The molecule has 1 unspecified atom stereocenters. The van der Waals surface area contributed by atoms with Gasteiger partial charge in [-0.2, -0.15) is 0 Å². The fourth-order valence-electron chi connectivity index (χ4n) is 1.81. The monoisotopic (exact) mass is 372 g/mol. The number of ether oxygens (including phenoxy) is 1. The van der Waals surface area contributed by atoms with Crippen LogP contribution in [0.5, 0.6) is 0 Å².